The molecule has 128 valence electrons. The molecular formula is C13H23ClN2O6. The Labute approximate surface area is 134 Å². The monoisotopic (exact) mass is 338 g/mol. The highest BCUT2D eigenvalue weighted by molar-refractivity contribution is 6.18. The minimum absolute atomic E-state index is 0.0848. The van der Waals surface area contributed by atoms with Crippen molar-refractivity contribution in [2.24, 2.45) is 0 Å². The summed E-state index contributed by atoms with van der Waals surface area (Å²) in [5, 5.41) is 32.5. The summed E-state index contributed by atoms with van der Waals surface area (Å²) in [5.74, 6) is 0.229. The van der Waals surface area contributed by atoms with Crippen molar-refractivity contribution in [3.8, 4) is 0 Å². The molecule has 2 amide bonds. The molecule has 0 unspecified atom stereocenters. The van der Waals surface area contributed by atoms with Gasteiger partial charge in [0.05, 0.1) is 12.6 Å². The van der Waals surface area contributed by atoms with Crippen LogP contribution in [0.15, 0.2) is 12.7 Å². The number of aliphatic hydroxyl groups excluding tert-OH is 3. The molecule has 1 fully saturated rings. The quantitative estimate of drug-likeness (QED) is 0.345. The number of ether oxygens (including phenoxy) is 2. The zero-order chi connectivity index (χ0) is 16.7. The van der Waals surface area contributed by atoms with Gasteiger partial charge in [-0.15, -0.1) is 18.2 Å². The van der Waals surface area contributed by atoms with Crippen molar-refractivity contribution in [1.82, 2.24) is 10.2 Å². The number of amides is 2. The Morgan fingerprint density at radius 3 is 2.68 bits per heavy atom. The molecule has 1 saturated heterocycles. The number of halogens is 1. The summed E-state index contributed by atoms with van der Waals surface area (Å²) in [6.07, 6.45) is -3.16. The third kappa shape index (κ3) is 4.31. The molecule has 1 aliphatic heterocycles. The summed E-state index contributed by atoms with van der Waals surface area (Å²) in [5.41, 5.74) is 0. The van der Waals surface area contributed by atoms with Gasteiger partial charge in [-0.05, 0) is 0 Å². The van der Waals surface area contributed by atoms with Gasteiger partial charge in [-0.1, -0.05) is 6.08 Å². The number of rotatable bonds is 7. The minimum atomic E-state index is -1.29. The molecule has 0 radical (unpaired) electrons. The Hall–Kier alpha value is -0.900. The molecule has 0 saturated carbocycles. The summed E-state index contributed by atoms with van der Waals surface area (Å²) in [7, 11) is 1.32. The SMILES string of the molecule is C=CCN(C(=O)NCCCl)[C@H]1[C@@H](O)[C@@H](OC)O[C@H](CO)[C@H]1O. The van der Waals surface area contributed by atoms with Crippen molar-refractivity contribution < 1.29 is 29.6 Å². The van der Waals surface area contributed by atoms with E-state index in [0.29, 0.717) is 0 Å². The average molecular weight is 339 g/mol. The largest absolute Gasteiger partial charge is 0.394 e. The first kappa shape index (κ1) is 19.1. The maximum absolute atomic E-state index is 12.2. The van der Waals surface area contributed by atoms with Gasteiger partial charge in [0.25, 0.3) is 0 Å². The zero-order valence-corrected chi connectivity index (χ0v) is 13.1. The lowest BCUT2D eigenvalue weighted by Gasteiger charge is -2.46. The molecule has 1 heterocycles. The van der Waals surface area contributed by atoms with Crippen LogP contribution in [0.25, 0.3) is 0 Å². The molecule has 0 spiro atoms. The standard InChI is InChI=1S/C13H23ClN2O6/c1-3-6-16(13(20)15-5-4-14)9-10(18)8(7-17)22-12(21-2)11(9)19/h3,8-12,17-19H,1,4-7H2,2H3,(H,15,20)/t8-,9-,10-,11-,12+/m1/s1. The second-order valence-electron chi connectivity index (χ2n) is 4.79. The van der Waals surface area contributed by atoms with Crippen molar-refractivity contribution in [2.45, 2.75) is 30.6 Å². The molecule has 1 rings (SSSR count). The molecule has 0 aromatic heterocycles. The number of aliphatic hydroxyl groups is 3. The van der Waals surface area contributed by atoms with Crippen LogP contribution >= 0.6 is 11.6 Å². The molecule has 8 nitrogen and oxygen atoms in total. The first-order valence-corrected chi connectivity index (χ1v) is 7.41. The highest BCUT2D eigenvalue weighted by atomic mass is 35.5. The van der Waals surface area contributed by atoms with E-state index in [1.165, 1.54) is 18.1 Å². The minimum Gasteiger partial charge on any atom is -0.394 e. The Morgan fingerprint density at radius 2 is 2.18 bits per heavy atom. The molecule has 1 aliphatic rings. The summed E-state index contributed by atoms with van der Waals surface area (Å²) < 4.78 is 10.3. The highest BCUT2D eigenvalue weighted by Crippen LogP contribution is 2.25. The topological polar surface area (TPSA) is 111 Å². The van der Waals surface area contributed by atoms with E-state index in [1.54, 1.807) is 0 Å². The van der Waals surface area contributed by atoms with Crippen LogP contribution in [-0.2, 0) is 9.47 Å². The first-order chi connectivity index (χ1) is 10.5. The van der Waals surface area contributed by atoms with Crippen LogP contribution in [0.1, 0.15) is 0 Å². The van der Waals surface area contributed by atoms with Crippen LogP contribution < -0.4 is 5.32 Å². The maximum atomic E-state index is 12.2. The van der Waals surface area contributed by atoms with Gasteiger partial charge in [0.2, 0.25) is 0 Å². The Kier molecular flexibility index (Phi) is 8.08. The lowest BCUT2D eigenvalue weighted by Crippen LogP contribution is -2.66. The lowest BCUT2D eigenvalue weighted by atomic mass is 9.94. The van der Waals surface area contributed by atoms with Crippen molar-refractivity contribution in [3.63, 3.8) is 0 Å². The smallest absolute Gasteiger partial charge is 0.318 e. The molecule has 9 heteroatoms. The fraction of sp³-hybridized carbons (Fsp3) is 0.769. The predicted molar refractivity (Wildman–Crippen MR) is 79.6 cm³/mol. The van der Waals surface area contributed by atoms with Crippen molar-refractivity contribution in [1.29, 1.82) is 0 Å². The number of carbonyl (C=O) groups is 1. The number of urea groups is 1. The zero-order valence-electron chi connectivity index (χ0n) is 12.4. The number of hydrogen-bond acceptors (Lipinski definition) is 6. The van der Waals surface area contributed by atoms with Gasteiger partial charge in [0.15, 0.2) is 6.29 Å². The molecular weight excluding hydrogens is 316 g/mol. The number of alkyl halides is 1. The molecule has 5 atom stereocenters. The summed E-state index contributed by atoms with van der Waals surface area (Å²) in [4.78, 5) is 13.4. The molecule has 0 bridgehead atoms. The van der Waals surface area contributed by atoms with Gasteiger partial charge in [-0.3, -0.25) is 0 Å². The maximum Gasteiger partial charge on any atom is 0.318 e. The van der Waals surface area contributed by atoms with Gasteiger partial charge in [0, 0.05) is 26.1 Å². The van der Waals surface area contributed by atoms with Crippen LogP contribution in [0.4, 0.5) is 4.79 Å². The normalized spacial score (nSPS) is 31.6. The van der Waals surface area contributed by atoms with E-state index < -0.39 is 43.3 Å². The summed E-state index contributed by atoms with van der Waals surface area (Å²) in [6.45, 7) is 3.41. The number of nitrogens with one attached hydrogen (secondary N) is 1. The lowest BCUT2D eigenvalue weighted by molar-refractivity contribution is -0.280. The van der Waals surface area contributed by atoms with E-state index in [9.17, 15) is 20.1 Å². The van der Waals surface area contributed by atoms with Gasteiger partial charge in [-0.25, -0.2) is 4.79 Å². The first-order valence-electron chi connectivity index (χ1n) is 6.88. The number of nitrogens with zero attached hydrogens (tertiary/aromatic N) is 1. The highest BCUT2D eigenvalue weighted by Gasteiger charge is 2.48. The second-order valence-corrected chi connectivity index (χ2v) is 5.17. The van der Waals surface area contributed by atoms with E-state index in [2.05, 4.69) is 11.9 Å². The fourth-order valence-corrected chi connectivity index (χ4v) is 2.46. The Morgan fingerprint density at radius 1 is 1.50 bits per heavy atom. The predicted octanol–water partition coefficient (Wildman–Crippen LogP) is -1.12. The van der Waals surface area contributed by atoms with Crippen LogP contribution in [0, 0.1) is 0 Å². The van der Waals surface area contributed by atoms with Crippen LogP contribution in [0.5, 0.6) is 0 Å². The van der Waals surface area contributed by atoms with Gasteiger partial charge in [0.1, 0.15) is 18.3 Å². The molecule has 0 aromatic rings. The van der Waals surface area contributed by atoms with Gasteiger partial charge >= 0.3 is 6.03 Å². The molecule has 0 aliphatic carbocycles. The third-order valence-electron chi connectivity index (χ3n) is 3.40. The molecule has 22 heavy (non-hydrogen) atoms. The van der Waals surface area contributed by atoms with E-state index in [0.717, 1.165) is 0 Å². The Bertz CT molecular complexity index is 356. The van der Waals surface area contributed by atoms with Crippen molar-refractivity contribution >= 4 is 17.6 Å². The number of methoxy groups -OCH3 is 1. The third-order valence-corrected chi connectivity index (χ3v) is 3.59. The number of carbonyl (C=O) groups excluding carboxylic acids is 1. The van der Waals surface area contributed by atoms with E-state index in [4.69, 9.17) is 21.1 Å². The van der Waals surface area contributed by atoms with Crippen LogP contribution in [-0.4, -0.2) is 89.6 Å². The van der Waals surface area contributed by atoms with E-state index in [-0.39, 0.29) is 19.0 Å². The van der Waals surface area contributed by atoms with Gasteiger partial charge in [-0.2, -0.15) is 0 Å². The second kappa shape index (κ2) is 9.29. The fourth-order valence-electron chi connectivity index (χ4n) is 2.37. The Balaban J connectivity index is 3.00. The van der Waals surface area contributed by atoms with Gasteiger partial charge < -0.3 is 35.0 Å². The van der Waals surface area contributed by atoms with E-state index in [1.807, 2.05) is 0 Å². The van der Waals surface area contributed by atoms with Crippen LogP contribution in [0.3, 0.4) is 0 Å². The molecule has 0 aromatic carbocycles. The average Bonchev–Trinajstić information content (AvgIpc) is 2.52. The van der Waals surface area contributed by atoms with Crippen molar-refractivity contribution in [3.05, 3.63) is 12.7 Å². The number of hydrogen-bond donors (Lipinski definition) is 4. The molecule has 4 N–H and O–H groups in total. The van der Waals surface area contributed by atoms with Crippen molar-refractivity contribution in [2.75, 3.05) is 32.7 Å². The van der Waals surface area contributed by atoms with Crippen LogP contribution in [0.2, 0.25) is 0 Å². The summed E-state index contributed by atoms with van der Waals surface area (Å²) in [6, 6.07) is -1.54. The summed E-state index contributed by atoms with van der Waals surface area (Å²) >= 11 is 5.54. The van der Waals surface area contributed by atoms with E-state index >= 15 is 0 Å².